The Hall–Kier alpha value is -7.71. The lowest BCUT2D eigenvalue weighted by Crippen LogP contribution is -2.58. The number of methoxy groups -OCH3 is 1. The SMILES string of the molecule is CCC(=O)[C@H](CC(=O)O)NC(=O)[C@@H](N)CNC(=O)[C@@H](CC(=O)[C@H](Cc1ccccc1)NC(=O)CCCCCCCCC(=O)CC[C@H](NC(=O)N[C@@H](CCC(=O)O)OC=O)C(=O)O)Cc1ccccc1.CC[C@]1(O)O[C@@H]([C@H]2C[C@H](C)[C@H]([C@]3(C)CCC([C@@]4(C)C[C@@H](C)[C@@]5(O[C@H](C[C@H]6CC[C@H](C)C([C@@H](C)C(=O)OCCSSC[C@H](C)C(=O)O)O6)C[C@@H](OC)[C@H]5C)O4)O3)O2)[C@@H](C)C[C@H]1C. The molecule has 26 atom stereocenters. The van der Waals surface area contributed by atoms with Crippen LogP contribution >= 0.6 is 21.6 Å². The number of hydrogen-bond donors (Lipinski definition) is 11. The van der Waals surface area contributed by atoms with Crippen molar-refractivity contribution in [2.24, 2.45) is 59.0 Å². The largest absolute Gasteiger partial charge is 0.481 e. The molecule has 6 aliphatic rings. The van der Waals surface area contributed by atoms with Crippen molar-refractivity contribution in [1.82, 2.24) is 26.6 Å². The molecule has 5 amide bonds. The second-order valence-electron chi connectivity index (χ2n) is 37.3. The molecule has 0 aliphatic carbocycles. The number of amides is 5. The van der Waals surface area contributed by atoms with Crippen LogP contribution in [0.25, 0.3) is 0 Å². The van der Waals surface area contributed by atoms with Gasteiger partial charge in [-0.3, -0.25) is 52.7 Å². The van der Waals surface area contributed by atoms with Gasteiger partial charge >= 0.3 is 35.9 Å². The molecule has 0 bridgehead atoms. The summed E-state index contributed by atoms with van der Waals surface area (Å²) in [5.41, 5.74) is 6.51. The zero-order valence-corrected chi connectivity index (χ0v) is 79.7. The summed E-state index contributed by atoms with van der Waals surface area (Å²) < 4.78 is 58.3. The zero-order chi connectivity index (χ0) is 95.8. The number of carboxylic acid groups (broad SMARTS) is 4. The van der Waals surface area contributed by atoms with Gasteiger partial charge in [0.05, 0.1) is 96.8 Å². The number of benzene rings is 2. The zero-order valence-electron chi connectivity index (χ0n) is 78.1. The predicted octanol–water partition coefficient (Wildman–Crippen LogP) is 11.2. The van der Waals surface area contributed by atoms with Crippen LogP contribution < -0.4 is 32.3 Å². The summed E-state index contributed by atoms with van der Waals surface area (Å²) in [6.07, 6.45) is 8.55. The van der Waals surface area contributed by atoms with E-state index in [0.717, 1.165) is 75.3 Å². The van der Waals surface area contributed by atoms with E-state index in [-0.39, 0.29) is 179 Å². The smallest absolute Gasteiger partial charge is 0.326 e. The average Bonchev–Trinajstić information content (AvgIpc) is 1.56. The van der Waals surface area contributed by atoms with Crippen LogP contribution in [0.3, 0.4) is 0 Å². The number of nitrogens with one attached hydrogen (secondary N) is 5. The van der Waals surface area contributed by atoms with Crippen LogP contribution in [0.15, 0.2) is 60.7 Å². The van der Waals surface area contributed by atoms with Crippen molar-refractivity contribution in [3.8, 4) is 0 Å². The number of rotatable bonds is 53. The fourth-order valence-electron chi connectivity index (χ4n) is 19.2. The van der Waals surface area contributed by atoms with Crippen LogP contribution in [0, 0.1) is 53.3 Å². The van der Waals surface area contributed by atoms with Crippen molar-refractivity contribution in [3.63, 3.8) is 0 Å². The molecular formula is C95H146N6O27S2. The Morgan fingerprint density at radius 1 is 0.638 bits per heavy atom. The highest BCUT2D eigenvalue weighted by Gasteiger charge is 2.65. The topological polar surface area (TPSA) is 492 Å². The first-order valence-corrected chi connectivity index (χ1v) is 49.1. The van der Waals surface area contributed by atoms with E-state index in [0.29, 0.717) is 55.9 Å². The first-order chi connectivity index (χ1) is 61.6. The lowest BCUT2D eigenvalue weighted by atomic mass is 9.78. The number of nitrogens with two attached hydrogens (primary N) is 1. The van der Waals surface area contributed by atoms with Crippen molar-refractivity contribution in [2.75, 3.05) is 31.8 Å². The molecule has 12 N–H and O–H groups in total. The average molecular weight is 1870 g/mol. The Bertz CT molecular complexity index is 4010. The number of carbonyl (C=O) groups excluding carboxylic acids is 9. The number of ether oxygens (including phenoxy) is 9. The molecule has 730 valence electrons. The molecule has 8 rings (SSSR count). The summed E-state index contributed by atoms with van der Waals surface area (Å²) in [6, 6.07) is 12.0. The molecule has 0 radical (unpaired) electrons. The molecule has 1 spiro atoms. The Labute approximate surface area is 773 Å². The molecule has 6 saturated heterocycles. The summed E-state index contributed by atoms with van der Waals surface area (Å²) in [4.78, 5) is 159. The van der Waals surface area contributed by atoms with E-state index in [4.69, 9.17) is 53.8 Å². The van der Waals surface area contributed by atoms with Crippen molar-refractivity contribution in [3.05, 3.63) is 71.8 Å². The molecule has 6 fully saturated rings. The van der Waals surface area contributed by atoms with Gasteiger partial charge in [0.1, 0.15) is 24.5 Å². The minimum Gasteiger partial charge on any atom is -0.481 e. The van der Waals surface area contributed by atoms with Crippen LogP contribution in [0.2, 0.25) is 0 Å². The summed E-state index contributed by atoms with van der Waals surface area (Å²) in [6.45, 7) is 24.6. The third kappa shape index (κ3) is 32.8. The minimum atomic E-state index is -1.43. The molecule has 2 unspecified atom stereocenters. The second-order valence-corrected chi connectivity index (χ2v) is 39.9. The van der Waals surface area contributed by atoms with E-state index in [1.807, 2.05) is 32.0 Å². The van der Waals surface area contributed by atoms with Crippen LogP contribution in [-0.4, -0.2) is 237 Å². The summed E-state index contributed by atoms with van der Waals surface area (Å²) in [5, 5.41) is 60.1. The lowest BCUT2D eigenvalue weighted by molar-refractivity contribution is -0.353. The summed E-state index contributed by atoms with van der Waals surface area (Å²) in [7, 11) is 4.80. The molecule has 35 heteroatoms. The normalized spacial score (nSPS) is 29.5. The standard InChI is InChI=1S/C48H66N6O15.C47H80O12S2/c1-2-39(57)38(28-44(62)63)52-46(65)35(49)29-50-45(64)33(25-31-15-9-7-10-16-31)27-40(58)37(26-32-17-11-8-12-18-32)51-41(59)20-14-6-4-3-5-13-19-34(56)21-22-36(47(66)67)53-48(68)54-42(69-30-55)23-24-43(60)61;1-13-46(51)30(6)20-27(3)40(58-46)37-21-28(4)41(55-37)44(10)17-16-38(57-44)45(11)24-31(7)47(59-45)33(9)36(52-12)23-35(56-47)22-34-15-14-26(2)39(54-34)32(8)43(50)53-18-19-60-61-25-29(5)42(48)49/h7-12,15-18,30,33,35-38,42H,2-6,13-14,19-29,49H2,1H3,(H,50,64)(H,51,59)(H,52,65)(H,60,61)(H,62,63)(H,66,67)(H2,53,54,68);26-41,51H,13-25H2,1-12H3,(H,48,49)/t33-,35+,36+,37+,38+,42-;26-,27-,28-,29-,30+,31+,32+,33+,34+,35+,36+,37+,38?,39?,40+,41+,44-,45+,46-,47+/m10/s1. The van der Waals surface area contributed by atoms with Gasteiger partial charge < -0.3 is 100 Å². The van der Waals surface area contributed by atoms with Crippen molar-refractivity contribution >= 4 is 99.0 Å². The van der Waals surface area contributed by atoms with Gasteiger partial charge in [-0.25, -0.2) is 9.59 Å². The van der Waals surface area contributed by atoms with Gasteiger partial charge in [0, 0.05) is 100 Å². The number of ketones is 3. The monoisotopic (exact) mass is 1870 g/mol. The highest BCUT2D eigenvalue weighted by atomic mass is 33.1. The molecule has 2 aromatic carbocycles. The van der Waals surface area contributed by atoms with Crippen LogP contribution in [0.1, 0.15) is 255 Å². The number of Topliss-reactive ketones (excluding diaryl/α,β-unsaturated/α-hetero) is 3. The van der Waals surface area contributed by atoms with Gasteiger partial charge in [-0.05, 0) is 133 Å². The van der Waals surface area contributed by atoms with Gasteiger partial charge in [0.25, 0.3) is 6.47 Å². The number of urea groups is 1. The van der Waals surface area contributed by atoms with Crippen molar-refractivity contribution in [2.45, 2.75) is 358 Å². The first kappa shape index (κ1) is 109. The third-order valence-electron chi connectivity index (χ3n) is 26.9. The quantitative estimate of drug-likeness (QED) is 0.00963. The van der Waals surface area contributed by atoms with Crippen molar-refractivity contribution in [1.29, 1.82) is 0 Å². The number of aliphatic hydroxyl groups is 1. The van der Waals surface area contributed by atoms with E-state index in [9.17, 15) is 77.6 Å². The van der Waals surface area contributed by atoms with E-state index in [2.05, 4.69) is 86.7 Å². The molecule has 6 heterocycles. The molecule has 33 nitrogen and oxygen atoms in total. The second kappa shape index (κ2) is 52.8. The Balaban J connectivity index is 0.000000358. The number of hydrogen-bond acceptors (Lipinski definition) is 26. The van der Waals surface area contributed by atoms with E-state index >= 15 is 0 Å². The predicted molar refractivity (Wildman–Crippen MR) is 485 cm³/mol. The number of esters is 1. The van der Waals surface area contributed by atoms with Crippen LogP contribution in [0.5, 0.6) is 0 Å². The number of unbranched alkanes of at least 4 members (excludes halogenated alkanes) is 5. The molecule has 0 saturated carbocycles. The Kier molecular flexibility index (Phi) is 44.4. The van der Waals surface area contributed by atoms with E-state index in [1.54, 1.807) is 56.5 Å². The number of carbonyl (C=O) groups is 13. The third-order valence-corrected chi connectivity index (χ3v) is 29.4. The summed E-state index contributed by atoms with van der Waals surface area (Å²) >= 11 is 0. The van der Waals surface area contributed by atoms with E-state index in [1.165, 1.54) is 28.5 Å². The maximum Gasteiger partial charge on any atom is 0.326 e. The maximum atomic E-state index is 14.0. The van der Waals surface area contributed by atoms with Gasteiger partial charge in [-0.1, -0.05) is 170 Å². The Morgan fingerprint density at radius 2 is 1.30 bits per heavy atom. The first-order valence-electron chi connectivity index (χ1n) is 46.6. The lowest BCUT2D eigenvalue weighted by Gasteiger charge is -2.50. The minimum absolute atomic E-state index is 0.00811. The molecule has 2 aromatic rings. The summed E-state index contributed by atoms with van der Waals surface area (Å²) in [5.74, 6) is -9.47. The van der Waals surface area contributed by atoms with Crippen molar-refractivity contribution < 1.29 is 130 Å². The van der Waals surface area contributed by atoms with E-state index < -0.39 is 131 Å². The highest BCUT2D eigenvalue weighted by molar-refractivity contribution is 8.76. The Morgan fingerprint density at radius 3 is 1.92 bits per heavy atom. The molecular weight excluding hydrogens is 1720 g/mol. The molecule has 130 heavy (non-hydrogen) atoms. The van der Waals surface area contributed by atoms with Gasteiger partial charge in [-0.15, -0.1) is 0 Å². The fraction of sp³-hybridized carbons (Fsp3) is 0.737. The van der Waals surface area contributed by atoms with Gasteiger partial charge in [0.2, 0.25) is 17.7 Å². The number of carboxylic acids is 4. The molecule has 0 aromatic heterocycles. The molecule has 6 aliphatic heterocycles. The fourth-order valence-corrected chi connectivity index (χ4v) is 21.4. The number of aliphatic carboxylic acids is 4. The van der Waals surface area contributed by atoms with Crippen LogP contribution in [0.4, 0.5) is 4.79 Å². The van der Waals surface area contributed by atoms with Gasteiger partial charge in [0.15, 0.2) is 29.4 Å². The van der Waals surface area contributed by atoms with Gasteiger partial charge in [-0.2, -0.15) is 0 Å². The van der Waals surface area contributed by atoms with Crippen LogP contribution in [-0.2, 0) is 113 Å². The maximum absolute atomic E-state index is 14.0. The highest BCUT2D eigenvalue weighted by Crippen LogP contribution is 2.57.